The van der Waals surface area contributed by atoms with E-state index in [2.05, 4.69) is 0 Å². The van der Waals surface area contributed by atoms with Crippen LogP contribution in [0.1, 0.15) is 10.4 Å². The SMILES string of the molecule is N#CCN(CC#N)c1ccc(N)c(C(N)=O)c1. The molecule has 6 heteroatoms. The van der Waals surface area contributed by atoms with Gasteiger partial charge in [0.2, 0.25) is 0 Å². The molecular formula is C11H11N5O. The summed E-state index contributed by atoms with van der Waals surface area (Å²) in [5.41, 5.74) is 11.8. The third-order valence-corrected chi connectivity index (χ3v) is 2.19. The number of nitrogen functional groups attached to an aromatic ring is 1. The number of nitrogens with zero attached hydrogens (tertiary/aromatic N) is 3. The van der Waals surface area contributed by atoms with E-state index in [0.29, 0.717) is 5.69 Å². The Bertz CT molecular complexity index is 496. The topological polar surface area (TPSA) is 120 Å². The van der Waals surface area contributed by atoms with Gasteiger partial charge in [-0.1, -0.05) is 0 Å². The van der Waals surface area contributed by atoms with Gasteiger partial charge in [0.05, 0.1) is 17.7 Å². The van der Waals surface area contributed by atoms with Crippen molar-refractivity contribution in [3.8, 4) is 12.1 Å². The molecule has 0 bridgehead atoms. The number of carbonyl (C=O) groups is 1. The predicted molar refractivity (Wildman–Crippen MR) is 62.8 cm³/mol. The number of rotatable bonds is 4. The Labute approximate surface area is 98.6 Å². The molecule has 1 aromatic rings. The van der Waals surface area contributed by atoms with Gasteiger partial charge < -0.3 is 16.4 Å². The molecule has 0 fully saturated rings. The van der Waals surface area contributed by atoms with Crippen LogP contribution in [0.3, 0.4) is 0 Å². The van der Waals surface area contributed by atoms with E-state index in [-0.39, 0.29) is 24.3 Å². The number of anilines is 2. The molecule has 1 amide bonds. The maximum Gasteiger partial charge on any atom is 0.250 e. The van der Waals surface area contributed by atoms with Crippen molar-refractivity contribution in [2.24, 2.45) is 5.73 Å². The molecule has 0 saturated heterocycles. The van der Waals surface area contributed by atoms with E-state index in [0.717, 1.165) is 0 Å². The maximum atomic E-state index is 11.1. The van der Waals surface area contributed by atoms with Crippen LogP contribution in [0.15, 0.2) is 18.2 Å². The molecule has 0 unspecified atom stereocenters. The lowest BCUT2D eigenvalue weighted by Crippen LogP contribution is -2.24. The van der Waals surface area contributed by atoms with Gasteiger partial charge in [0.1, 0.15) is 13.1 Å². The lowest BCUT2D eigenvalue weighted by molar-refractivity contribution is 0.100. The Balaban J connectivity index is 3.13. The van der Waals surface area contributed by atoms with E-state index in [1.807, 2.05) is 12.1 Å². The van der Waals surface area contributed by atoms with Gasteiger partial charge in [-0.25, -0.2) is 0 Å². The monoisotopic (exact) mass is 229 g/mol. The molecule has 4 N–H and O–H groups in total. The molecule has 0 spiro atoms. The Kier molecular flexibility index (Phi) is 3.91. The minimum Gasteiger partial charge on any atom is -0.398 e. The highest BCUT2D eigenvalue weighted by Gasteiger charge is 2.11. The van der Waals surface area contributed by atoms with Crippen LogP contribution in [0, 0.1) is 22.7 Å². The summed E-state index contributed by atoms with van der Waals surface area (Å²) in [6.07, 6.45) is 0. The van der Waals surface area contributed by atoms with Crippen molar-refractivity contribution >= 4 is 17.3 Å². The fourth-order valence-electron chi connectivity index (χ4n) is 1.36. The quantitative estimate of drug-likeness (QED) is 0.565. The van der Waals surface area contributed by atoms with E-state index >= 15 is 0 Å². The first-order valence-electron chi connectivity index (χ1n) is 4.78. The summed E-state index contributed by atoms with van der Waals surface area (Å²) in [6, 6.07) is 8.52. The third kappa shape index (κ3) is 2.86. The summed E-state index contributed by atoms with van der Waals surface area (Å²) in [4.78, 5) is 12.6. The largest absolute Gasteiger partial charge is 0.398 e. The Morgan fingerprint density at radius 3 is 2.35 bits per heavy atom. The van der Waals surface area contributed by atoms with E-state index in [4.69, 9.17) is 22.0 Å². The molecule has 0 aliphatic heterocycles. The molecule has 0 aliphatic rings. The third-order valence-electron chi connectivity index (χ3n) is 2.19. The van der Waals surface area contributed by atoms with Crippen LogP contribution in [0.5, 0.6) is 0 Å². The molecule has 6 nitrogen and oxygen atoms in total. The second kappa shape index (κ2) is 5.38. The van der Waals surface area contributed by atoms with Crippen LogP contribution in [0.25, 0.3) is 0 Å². The van der Waals surface area contributed by atoms with Crippen LogP contribution in [-0.4, -0.2) is 19.0 Å². The van der Waals surface area contributed by atoms with Gasteiger partial charge in [0.25, 0.3) is 5.91 Å². The zero-order valence-corrected chi connectivity index (χ0v) is 9.05. The Hall–Kier alpha value is -2.73. The fraction of sp³-hybridized carbons (Fsp3) is 0.182. The summed E-state index contributed by atoms with van der Waals surface area (Å²) in [7, 11) is 0. The minimum absolute atomic E-state index is 0.0513. The molecule has 0 aromatic heterocycles. The summed E-state index contributed by atoms with van der Waals surface area (Å²) in [5, 5.41) is 17.3. The first kappa shape index (κ1) is 12.3. The molecular weight excluding hydrogens is 218 g/mol. The van der Waals surface area contributed by atoms with Gasteiger partial charge in [-0.3, -0.25) is 4.79 Å². The lowest BCUT2D eigenvalue weighted by Gasteiger charge is -2.18. The normalized spacial score (nSPS) is 9.06. The number of nitrogens with two attached hydrogens (primary N) is 2. The number of benzene rings is 1. The zero-order chi connectivity index (χ0) is 12.8. The average molecular weight is 229 g/mol. The predicted octanol–water partition coefficient (Wildman–Crippen LogP) is 0.221. The first-order valence-corrected chi connectivity index (χ1v) is 4.78. The van der Waals surface area contributed by atoms with Crippen molar-refractivity contribution in [1.82, 2.24) is 0 Å². The summed E-state index contributed by atoms with van der Waals surface area (Å²) in [5.74, 6) is -0.641. The number of nitriles is 2. The molecule has 1 aromatic carbocycles. The molecule has 1 rings (SSSR count). The fourth-order valence-corrected chi connectivity index (χ4v) is 1.36. The van der Waals surface area contributed by atoms with Crippen LogP contribution in [0.4, 0.5) is 11.4 Å². The zero-order valence-electron chi connectivity index (χ0n) is 9.05. The van der Waals surface area contributed by atoms with Crippen molar-refractivity contribution in [2.45, 2.75) is 0 Å². The van der Waals surface area contributed by atoms with E-state index in [9.17, 15) is 4.79 Å². The van der Waals surface area contributed by atoms with Crippen molar-refractivity contribution in [3.63, 3.8) is 0 Å². The van der Waals surface area contributed by atoms with Crippen molar-refractivity contribution < 1.29 is 4.79 Å². The van der Waals surface area contributed by atoms with Crippen LogP contribution < -0.4 is 16.4 Å². The van der Waals surface area contributed by atoms with Gasteiger partial charge in [0, 0.05) is 11.4 Å². The van der Waals surface area contributed by atoms with Gasteiger partial charge >= 0.3 is 0 Å². The van der Waals surface area contributed by atoms with E-state index in [1.165, 1.54) is 17.0 Å². The average Bonchev–Trinajstić information content (AvgIpc) is 2.29. The highest BCUT2D eigenvalue weighted by atomic mass is 16.1. The smallest absolute Gasteiger partial charge is 0.250 e. The van der Waals surface area contributed by atoms with E-state index in [1.54, 1.807) is 6.07 Å². The Morgan fingerprint density at radius 2 is 1.88 bits per heavy atom. The molecule has 0 atom stereocenters. The van der Waals surface area contributed by atoms with Gasteiger partial charge in [-0.2, -0.15) is 10.5 Å². The minimum atomic E-state index is -0.641. The first-order chi connectivity index (χ1) is 8.10. The van der Waals surface area contributed by atoms with Crippen LogP contribution in [0.2, 0.25) is 0 Å². The summed E-state index contributed by atoms with van der Waals surface area (Å²) < 4.78 is 0. The van der Waals surface area contributed by atoms with Crippen molar-refractivity contribution in [3.05, 3.63) is 23.8 Å². The molecule has 0 aliphatic carbocycles. The maximum absolute atomic E-state index is 11.1. The molecule has 0 saturated carbocycles. The number of primary amides is 1. The highest BCUT2D eigenvalue weighted by molar-refractivity contribution is 5.99. The van der Waals surface area contributed by atoms with Crippen molar-refractivity contribution in [2.75, 3.05) is 23.7 Å². The molecule has 17 heavy (non-hydrogen) atoms. The standard InChI is InChI=1S/C11H11N5O/c12-3-5-16(6-4-13)8-1-2-10(14)9(7-8)11(15)17/h1-2,7H,5-6,14H2,(H2,15,17). The number of amides is 1. The summed E-state index contributed by atoms with van der Waals surface area (Å²) >= 11 is 0. The second-order valence-corrected chi connectivity index (χ2v) is 3.31. The van der Waals surface area contributed by atoms with Gasteiger partial charge in [-0.15, -0.1) is 0 Å². The second-order valence-electron chi connectivity index (χ2n) is 3.31. The summed E-state index contributed by atoms with van der Waals surface area (Å²) in [6.45, 7) is 0.103. The van der Waals surface area contributed by atoms with Crippen molar-refractivity contribution in [1.29, 1.82) is 10.5 Å². The van der Waals surface area contributed by atoms with Crippen LogP contribution in [-0.2, 0) is 0 Å². The van der Waals surface area contributed by atoms with E-state index < -0.39 is 5.91 Å². The highest BCUT2D eigenvalue weighted by Crippen LogP contribution is 2.20. The number of carbonyl (C=O) groups excluding carboxylic acids is 1. The van der Waals surface area contributed by atoms with Gasteiger partial charge in [-0.05, 0) is 18.2 Å². The van der Waals surface area contributed by atoms with Gasteiger partial charge in [0.15, 0.2) is 0 Å². The Morgan fingerprint density at radius 1 is 1.29 bits per heavy atom. The lowest BCUT2D eigenvalue weighted by atomic mass is 10.1. The molecule has 0 radical (unpaired) electrons. The number of hydrogen-bond acceptors (Lipinski definition) is 5. The molecule has 0 heterocycles. The number of hydrogen-bond donors (Lipinski definition) is 2. The van der Waals surface area contributed by atoms with Crippen LogP contribution >= 0.6 is 0 Å². The molecule has 86 valence electrons.